The van der Waals surface area contributed by atoms with Gasteiger partial charge in [-0.3, -0.25) is 0 Å². The minimum Gasteiger partial charge on any atom is -0.339 e. The molecule has 1 fully saturated rings. The highest BCUT2D eigenvalue weighted by atomic mass is 16.5. The third-order valence-electron chi connectivity index (χ3n) is 4.41. The molecular formula is C17H23N3O. The first kappa shape index (κ1) is 14.3. The van der Waals surface area contributed by atoms with Crippen molar-refractivity contribution in [2.75, 3.05) is 7.05 Å². The molecular weight excluding hydrogens is 262 g/mol. The van der Waals surface area contributed by atoms with E-state index in [1.54, 1.807) is 0 Å². The molecule has 3 rings (SSSR count). The maximum absolute atomic E-state index is 5.49. The van der Waals surface area contributed by atoms with Crippen LogP contribution < -0.4 is 5.32 Å². The van der Waals surface area contributed by atoms with Gasteiger partial charge >= 0.3 is 0 Å². The zero-order valence-electron chi connectivity index (χ0n) is 12.8. The van der Waals surface area contributed by atoms with E-state index in [9.17, 15) is 0 Å². The van der Waals surface area contributed by atoms with E-state index >= 15 is 0 Å². The van der Waals surface area contributed by atoms with Gasteiger partial charge in [0.25, 0.3) is 0 Å². The number of nitrogens with one attached hydrogen (secondary N) is 1. The average Bonchev–Trinajstić information content (AvgIpc) is 2.96. The predicted octanol–water partition coefficient (Wildman–Crippen LogP) is 3.21. The molecule has 0 atom stereocenters. The Morgan fingerprint density at radius 3 is 2.76 bits per heavy atom. The van der Waals surface area contributed by atoms with Crippen LogP contribution in [0.3, 0.4) is 0 Å². The summed E-state index contributed by atoms with van der Waals surface area (Å²) in [6.07, 6.45) is 5.40. The van der Waals surface area contributed by atoms with Gasteiger partial charge in [0, 0.05) is 18.4 Å². The molecule has 0 saturated heterocycles. The Balaban J connectivity index is 1.64. The van der Waals surface area contributed by atoms with Gasteiger partial charge in [-0.2, -0.15) is 4.98 Å². The van der Waals surface area contributed by atoms with E-state index in [1.807, 2.05) is 7.05 Å². The lowest BCUT2D eigenvalue weighted by atomic mass is 9.86. The highest BCUT2D eigenvalue weighted by Crippen LogP contribution is 2.31. The Bertz CT molecular complexity index is 585. The monoisotopic (exact) mass is 285 g/mol. The fourth-order valence-electron chi connectivity index (χ4n) is 3.14. The Hall–Kier alpha value is -1.68. The second kappa shape index (κ2) is 6.39. The lowest BCUT2D eigenvalue weighted by molar-refractivity contribution is 0.287. The largest absolute Gasteiger partial charge is 0.339 e. The zero-order chi connectivity index (χ0) is 14.7. The van der Waals surface area contributed by atoms with Gasteiger partial charge in [-0.15, -0.1) is 0 Å². The first-order chi connectivity index (χ1) is 10.2. The van der Waals surface area contributed by atoms with E-state index in [2.05, 4.69) is 46.6 Å². The number of hydrogen-bond acceptors (Lipinski definition) is 4. The molecule has 1 heterocycles. The molecule has 0 bridgehead atoms. The molecule has 1 aliphatic carbocycles. The van der Waals surface area contributed by atoms with Crippen LogP contribution in [0.2, 0.25) is 0 Å². The third-order valence-corrected chi connectivity index (χ3v) is 4.41. The summed E-state index contributed by atoms with van der Waals surface area (Å²) in [4.78, 5) is 4.61. The molecule has 112 valence electrons. The second-order valence-corrected chi connectivity index (χ2v) is 6.05. The molecule has 0 spiro atoms. The molecule has 1 aliphatic rings. The Morgan fingerprint density at radius 2 is 2.05 bits per heavy atom. The fraction of sp³-hybridized carbons (Fsp3) is 0.529. The topological polar surface area (TPSA) is 51.0 Å². The number of benzene rings is 1. The summed E-state index contributed by atoms with van der Waals surface area (Å²) in [7, 11) is 2.04. The van der Waals surface area contributed by atoms with Gasteiger partial charge in [0.2, 0.25) is 5.89 Å². The van der Waals surface area contributed by atoms with E-state index in [0.717, 1.165) is 31.0 Å². The summed E-state index contributed by atoms with van der Waals surface area (Å²) < 4.78 is 5.49. The molecule has 1 saturated carbocycles. The normalized spacial score (nSPS) is 22.4. The van der Waals surface area contributed by atoms with Crippen LogP contribution in [0.5, 0.6) is 0 Å². The van der Waals surface area contributed by atoms with Crippen molar-refractivity contribution >= 4 is 0 Å². The summed E-state index contributed by atoms with van der Waals surface area (Å²) >= 11 is 0. The van der Waals surface area contributed by atoms with E-state index < -0.39 is 0 Å². The van der Waals surface area contributed by atoms with Gasteiger partial charge in [0.15, 0.2) is 5.82 Å². The molecule has 1 aromatic carbocycles. The summed E-state index contributed by atoms with van der Waals surface area (Å²) in [5.74, 6) is 2.06. The second-order valence-electron chi connectivity index (χ2n) is 6.05. The quantitative estimate of drug-likeness (QED) is 0.937. The van der Waals surface area contributed by atoms with Crippen LogP contribution >= 0.6 is 0 Å². The standard InChI is InChI=1S/C17H23N3O/c1-12-4-3-5-13(10-12)11-16-19-17(21-20-16)14-6-8-15(18-2)9-7-14/h3-5,10,14-15,18H,6-9,11H2,1-2H3. The summed E-state index contributed by atoms with van der Waals surface area (Å²) in [6, 6.07) is 9.11. The number of nitrogens with zero attached hydrogens (tertiary/aromatic N) is 2. The van der Waals surface area contributed by atoms with Crippen LogP contribution in [0.4, 0.5) is 0 Å². The van der Waals surface area contributed by atoms with Gasteiger partial charge in [-0.25, -0.2) is 0 Å². The summed E-state index contributed by atoms with van der Waals surface area (Å²) in [5, 5.41) is 7.51. The number of aromatic nitrogens is 2. The zero-order valence-corrected chi connectivity index (χ0v) is 12.8. The summed E-state index contributed by atoms with van der Waals surface area (Å²) in [5.41, 5.74) is 2.50. The van der Waals surface area contributed by atoms with Crippen LogP contribution in [-0.4, -0.2) is 23.2 Å². The van der Waals surface area contributed by atoms with E-state index in [-0.39, 0.29) is 0 Å². The van der Waals surface area contributed by atoms with Crippen molar-refractivity contribution in [3.8, 4) is 0 Å². The van der Waals surface area contributed by atoms with Crippen molar-refractivity contribution < 1.29 is 4.52 Å². The van der Waals surface area contributed by atoms with Crippen molar-refractivity contribution in [3.05, 3.63) is 47.1 Å². The van der Waals surface area contributed by atoms with Crippen LogP contribution in [-0.2, 0) is 6.42 Å². The third kappa shape index (κ3) is 3.50. The Labute approximate surface area is 126 Å². The molecule has 4 heteroatoms. The molecule has 21 heavy (non-hydrogen) atoms. The lowest BCUT2D eigenvalue weighted by Gasteiger charge is -2.25. The highest BCUT2D eigenvalue weighted by Gasteiger charge is 2.25. The Morgan fingerprint density at radius 1 is 1.24 bits per heavy atom. The number of rotatable bonds is 4. The van der Waals surface area contributed by atoms with E-state index in [4.69, 9.17) is 4.52 Å². The average molecular weight is 285 g/mol. The van der Waals surface area contributed by atoms with Gasteiger partial charge < -0.3 is 9.84 Å². The van der Waals surface area contributed by atoms with Crippen molar-refractivity contribution in [3.63, 3.8) is 0 Å². The van der Waals surface area contributed by atoms with Crippen molar-refractivity contribution in [2.24, 2.45) is 0 Å². The van der Waals surface area contributed by atoms with Crippen LogP contribution in [0, 0.1) is 6.92 Å². The molecule has 0 amide bonds. The Kier molecular flexibility index (Phi) is 4.34. The van der Waals surface area contributed by atoms with Gasteiger partial charge in [-0.05, 0) is 45.2 Å². The van der Waals surface area contributed by atoms with Crippen LogP contribution in [0.25, 0.3) is 0 Å². The molecule has 4 nitrogen and oxygen atoms in total. The highest BCUT2D eigenvalue weighted by molar-refractivity contribution is 5.24. The lowest BCUT2D eigenvalue weighted by Crippen LogP contribution is -2.29. The van der Waals surface area contributed by atoms with E-state index in [1.165, 1.54) is 24.0 Å². The molecule has 0 aliphatic heterocycles. The van der Waals surface area contributed by atoms with Crippen molar-refractivity contribution in [2.45, 2.75) is 51.0 Å². The predicted molar refractivity (Wildman–Crippen MR) is 82.3 cm³/mol. The molecule has 1 N–H and O–H groups in total. The SMILES string of the molecule is CNC1CCC(c2nc(Cc3cccc(C)c3)no2)CC1. The molecule has 0 radical (unpaired) electrons. The minimum absolute atomic E-state index is 0.438. The van der Waals surface area contributed by atoms with Crippen LogP contribution in [0.1, 0.15) is 54.4 Å². The molecule has 1 aromatic heterocycles. The van der Waals surface area contributed by atoms with E-state index in [0.29, 0.717) is 12.0 Å². The minimum atomic E-state index is 0.438. The maximum atomic E-state index is 5.49. The van der Waals surface area contributed by atoms with Crippen LogP contribution in [0.15, 0.2) is 28.8 Å². The fourth-order valence-corrected chi connectivity index (χ4v) is 3.14. The molecule has 0 unspecified atom stereocenters. The smallest absolute Gasteiger partial charge is 0.229 e. The first-order valence-electron chi connectivity index (χ1n) is 7.80. The summed E-state index contributed by atoms with van der Waals surface area (Å²) in [6.45, 7) is 2.10. The maximum Gasteiger partial charge on any atom is 0.229 e. The van der Waals surface area contributed by atoms with Gasteiger partial charge in [0.1, 0.15) is 0 Å². The van der Waals surface area contributed by atoms with Crippen molar-refractivity contribution in [1.29, 1.82) is 0 Å². The molecule has 2 aromatic rings. The van der Waals surface area contributed by atoms with Gasteiger partial charge in [0.05, 0.1) is 0 Å². The van der Waals surface area contributed by atoms with Crippen molar-refractivity contribution in [1.82, 2.24) is 15.5 Å². The van der Waals surface area contributed by atoms with Gasteiger partial charge in [-0.1, -0.05) is 35.0 Å². The number of hydrogen-bond donors (Lipinski definition) is 1. The first-order valence-corrected chi connectivity index (χ1v) is 7.80. The number of aryl methyl sites for hydroxylation is 1.